The number of esters is 3. The molecule has 11 nitrogen and oxygen atoms in total. The summed E-state index contributed by atoms with van der Waals surface area (Å²) in [5.41, 5.74) is 0.432. The van der Waals surface area contributed by atoms with Crippen molar-refractivity contribution < 1.29 is 33.3 Å². The number of nitrogens with zero attached hydrogens (tertiary/aromatic N) is 4. The zero-order valence-corrected chi connectivity index (χ0v) is 17.0. The number of carbonyl (C=O) groups is 3. The molecule has 0 spiro atoms. The Morgan fingerprint density at radius 2 is 1.79 bits per heavy atom. The van der Waals surface area contributed by atoms with Crippen LogP contribution in [0.25, 0.3) is 11.0 Å². The molecule has 1 aliphatic heterocycles. The molecule has 0 aliphatic carbocycles. The molecule has 2 aromatic heterocycles. The smallest absolute Gasteiger partial charge is 0.303 e. The molecule has 1 fully saturated rings. The average molecular weight is 424 g/mol. The lowest BCUT2D eigenvalue weighted by molar-refractivity contribution is -0.166. The molecular formula is C17H20N4O7S. The topological polar surface area (TPSA) is 132 Å². The van der Waals surface area contributed by atoms with Gasteiger partial charge in [0.15, 0.2) is 24.1 Å². The van der Waals surface area contributed by atoms with Crippen molar-refractivity contribution in [1.29, 1.82) is 0 Å². The van der Waals surface area contributed by atoms with Gasteiger partial charge in [-0.25, -0.2) is 14.6 Å². The van der Waals surface area contributed by atoms with E-state index in [2.05, 4.69) is 15.1 Å². The van der Waals surface area contributed by atoms with E-state index in [-0.39, 0.29) is 6.61 Å². The van der Waals surface area contributed by atoms with Gasteiger partial charge < -0.3 is 18.9 Å². The Labute approximate surface area is 170 Å². The van der Waals surface area contributed by atoms with Crippen molar-refractivity contribution in [1.82, 2.24) is 19.7 Å². The van der Waals surface area contributed by atoms with Crippen LogP contribution in [0.5, 0.6) is 0 Å². The Morgan fingerprint density at radius 3 is 2.41 bits per heavy atom. The molecule has 2 aromatic rings. The Bertz CT molecular complexity index is 934. The third kappa shape index (κ3) is 4.65. The van der Waals surface area contributed by atoms with E-state index in [1.54, 1.807) is 6.20 Å². The standard InChI is InChI=1S/C17H20N4O7S/c1-8(22)25-6-12-13(26-9(2)23)14(27-10(3)24)17(28-12)21-5-11-15(20-21)18-7-19-16(11)29-4/h5,7,12-14,17H,6H2,1-4H3/t12-,13+,14+,17-/m1/s1. The van der Waals surface area contributed by atoms with Crippen LogP contribution in [0.4, 0.5) is 0 Å². The summed E-state index contributed by atoms with van der Waals surface area (Å²) in [6, 6.07) is 0. The fourth-order valence-electron chi connectivity index (χ4n) is 3.03. The quantitative estimate of drug-likeness (QED) is 0.283. The van der Waals surface area contributed by atoms with Gasteiger partial charge in [0.25, 0.3) is 0 Å². The monoisotopic (exact) mass is 424 g/mol. The third-order valence-electron chi connectivity index (χ3n) is 4.09. The van der Waals surface area contributed by atoms with Crippen molar-refractivity contribution >= 4 is 40.7 Å². The summed E-state index contributed by atoms with van der Waals surface area (Å²) in [6.45, 7) is 3.53. The molecule has 3 rings (SSSR count). The molecule has 0 aromatic carbocycles. The lowest BCUT2D eigenvalue weighted by Gasteiger charge is -2.23. The average Bonchev–Trinajstić information content (AvgIpc) is 3.21. The number of ether oxygens (including phenoxy) is 4. The number of fused-ring (bicyclic) bond motifs is 1. The minimum Gasteiger partial charge on any atom is -0.463 e. The zero-order chi connectivity index (χ0) is 21.1. The number of hydrogen-bond donors (Lipinski definition) is 0. The first-order chi connectivity index (χ1) is 13.8. The Kier molecular flexibility index (Phi) is 6.33. The van der Waals surface area contributed by atoms with Crippen molar-refractivity contribution in [3.05, 3.63) is 12.5 Å². The maximum atomic E-state index is 11.7. The lowest BCUT2D eigenvalue weighted by atomic mass is 10.1. The summed E-state index contributed by atoms with van der Waals surface area (Å²) in [4.78, 5) is 42.9. The molecule has 1 aliphatic rings. The first kappa shape index (κ1) is 21.0. The number of thioether (sulfide) groups is 1. The first-order valence-corrected chi connectivity index (χ1v) is 9.89. The highest BCUT2D eigenvalue weighted by molar-refractivity contribution is 7.98. The second kappa shape index (κ2) is 8.74. The predicted octanol–water partition coefficient (Wildman–Crippen LogP) is 0.872. The molecule has 0 radical (unpaired) electrons. The highest BCUT2D eigenvalue weighted by Gasteiger charge is 2.51. The Balaban J connectivity index is 1.99. The van der Waals surface area contributed by atoms with Crippen LogP contribution in [0.2, 0.25) is 0 Å². The van der Waals surface area contributed by atoms with Gasteiger partial charge in [-0.15, -0.1) is 16.9 Å². The normalized spacial score (nSPS) is 23.7. The van der Waals surface area contributed by atoms with Crippen molar-refractivity contribution in [2.75, 3.05) is 12.9 Å². The second-order valence-electron chi connectivity index (χ2n) is 6.25. The summed E-state index contributed by atoms with van der Waals surface area (Å²) >= 11 is 1.43. The zero-order valence-electron chi connectivity index (χ0n) is 16.2. The van der Waals surface area contributed by atoms with Crippen LogP contribution in [-0.4, -0.2) is 68.8 Å². The summed E-state index contributed by atoms with van der Waals surface area (Å²) in [6.07, 6.45) is 1.18. The minimum absolute atomic E-state index is 0.182. The fourth-order valence-corrected chi connectivity index (χ4v) is 3.55. The number of aromatic nitrogens is 4. The Morgan fingerprint density at radius 1 is 1.10 bits per heavy atom. The molecule has 1 saturated heterocycles. The van der Waals surface area contributed by atoms with E-state index in [1.807, 2.05) is 6.26 Å². The molecule has 12 heteroatoms. The Hall–Kier alpha value is -2.73. The van der Waals surface area contributed by atoms with Crippen LogP contribution in [0.1, 0.15) is 27.0 Å². The fraction of sp³-hybridized carbons (Fsp3) is 0.529. The van der Waals surface area contributed by atoms with Crippen LogP contribution in [0.3, 0.4) is 0 Å². The van der Waals surface area contributed by atoms with Crippen molar-refractivity contribution in [2.24, 2.45) is 0 Å². The summed E-state index contributed by atoms with van der Waals surface area (Å²) < 4.78 is 23.1. The molecule has 0 saturated carbocycles. The van der Waals surface area contributed by atoms with Crippen LogP contribution in [-0.2, 0) is 33.3 Å². The molecule has 3 heterocycles. The van der Waals surface area contributed by atoms with Crippen LogP contribution in [0.15, 0.2) is 17.6 Å². The van der Waals surface area contributed by atoms with Gasteiger partial charge in [0.2, 0.25) is 0 Å². The van der Waals surface area contributed by atoms with Crippen molar-refractivity contribution in [2.45, 2.75) is 50.3 Å². The number of rotatable bonds is 6. The van der Waals surface area contributed by atoms with E-state index < -0.39 is 42.4 Å². The molecular weight excluding hydrogens is 404 g/mol. The predicted molar refractivity (Wildman–Crippen MR) is 98.8 cm³/mol. The number of carbonyl (C=O) groups excluding carboxylic acids is 3. The largest absolute Gasteiger partial charge is 0.463 e. The maximum absolute atomic E-state index is 11.7. The van der Waals surface area contributed by atoms with Crippen molar-refractivity contribution in [3.63, 3.8) is 0 Å². The molecule has 0 amide bonds. The molecule has 4 atom stereocenters. The van der Waals surface area contributed by atoms with E-state index >= 15 is 0 Å². The van der Waals surface area contributed by atoms with Gasteiger partial charge in [0.05, 0.1) is 5.39 Å². The van der Waals surface area contributed by atoms with Crippen LogP contribution < -0.4 is 0 Å². The summed E-state index contributed by atoms with van der Waals surface area (Å²) in [5, 5.41) is 5.80. The molecule has 0 N–H and O–H groups in total. The molecule has 29 heavy (non-hydrogen) atoms. The first-order valence-electron chi connectivity index (χ1n) is 8.67. The lowest BCUT2D eigenvalue weighted by Crippen LogP contribution is -2.40. The van der Waals surface area contributed by atoms with Crippen molar-refractivity contribution in [3.8, 4) is 0 Å². The van der Waals surface area contributed by atoms with E-state index in [0.29, 0.717) is 11.0 Å². The van der Waals surface area contributed by atoms with Gasteiger partial charge in [0.1, 0.15) is 24.1 Å². The van der Waals surface area contributed by atoms with Gasteiger partial charge in [-0.3, -0.25) is 14.4 Å². The highest BCUT2D eigenvalue weighted by Crippen LogP contribution is 2.35. The molecule has 0 unspecified atom stereocenters. The summed E-state index contributed by atoms with van der Waals surface area (Å²) in [7, 11) is 0. The van der Waals surface area contributed by atoms with E-state index in [1.165, 1.54) is 43.5 Å². The van der Waals surface area contributed by atoms with E-state index in [4.69, 9.17) is 18.9 Å². The van der Waals surface area contributed by atoms with Gasteiger partial charge in [-0.1, -0.05) is 0 Å². The van der Waals surface area contributed by atoms with E-state index in [9.17, 15) is 14.4 Å². The highest BCUT2D eigenvalue weighted by atomic mass is 32.2. The minimum atomic E-state index is -1.00. The maximum Gasteiger partial charge on any atom is 0.303 e. The van der Waals surface area contributed by atoms with Gasteiger partial charge in [-0.2, -0.15) is 0 Å². The van der Waals surface area contributed by atoms with Crippen LogP contribution in [0, 0.1) is 0 Å². The van der Waals surface area contributed by atoms with Crippen LogP contribution >= 0.6 is 11.8 Å². The van der Waals surface area contributed by atoms with Gasteiger partial charge >= 0.3 is 17.9 Å². The SMILES string of the molecule is CSc1ncnc2nn([C@@H]3O[C@H](COC(C)=O)[C@H](OC(C)=O)[C@@H]3OC(C)=O)cc12. The van der Waals surface area contributed by atoms with Gasteiger partial charge in [-0.05, 0) is 6.26 Å². The third-order valence-corrected chi connectivity index (χ3v) is 4.80. The number of hydrogen-bond acceptors (Lipinski definition) is 11. The molecule has 156 valence electrons. The van der Waals surface area contributed by atoms with E-state index in [0.717, 1.165) is 5.03 Å². The van der Waals surface area contributed by atoms with Gasteiger partial charge in [0, 0.05) is 27.0 Å². The summed E-state index contributed by atoms with van der Waals surface area (Å²) in [5.74, 6) is -1.70. The second-order valence-corrected chi connectivity index (χ2v) is 7.04. The molecule has 0 bridgehead atoms.